The van der Waals surface area contributed by atoms with Crippen LogP contribution in [-0.4, -0.2) is 72.6 Å². The molecular formula is C26H39N7O6S. The van der Waals surface area contributed by atoms with E-state index < -0.39 is 21.1 Å². The number of guanidine groups is 1. The molecule has 0 bridgehead atoms. The van der Waals surface area contributed by atoms with Crippen LogP contribution in [0.2, 0.25) is 0 Å². The lowest BCUT2D eigenvalue weighted by molar-refractivity contribution is -0.485. The Morgan fingerprint density at radius 1 is 1.35 bits per heavy atom. The van der Waals surface area contributed by atoms with E-state index in [1.807, 2.05) is 33.8 Å². The lowest BCUT2D eigenvalue weighted by atomic mass is 10.00. The number of hydrazone groups is 1. The number of ether oxygens (including phenoxy) is 1. The van der Waals surface area contributed by atoms with Crippen LogP contribution in [0.1, 0.15) is 58.4 Å². The van der Waals surface area contributed by atoms with Gasteiger partial charge in [0.15, 0.2) is 5.03 Å². The normalized spacial score (nSPS) is 17.6. The van der Waals surface area contributed by atoms with Gasteiger partial charge in [-0.25, -0.2) is 18.5 Å². The average Bonchev–Trinajstić information content (AvgIpc) is 2.87. The monoisotopic (exact) mass is 577 g/mol. The number of likely N-dealkylation sites (tertiary alicyclic amines) is 1. The number of hydrogen-bond donors (Lipinski definition) is 3. The van der Waals surface area contributed by atoms with Gasteiger partial charge in [-0.2, -0.15) is 4.72 Å². The molecule has 1 aromatic carbocycles. The fourth-order valence-corrected chi connectivity index (χ4v) is 6.00. The Morgan fingerprint density at radius 2 is 2.10 bits per heavy atom. The number of fused-ring (bicyclic) bond motifs is 1. The molecule has 0 radical (unpaired) electrons. The molecule has 40 heavy (non-hydrogen) atoms. The Kier molecular flexibility index (Phi) is 10.4. The van der Waals surface area contributed by atoms with Crippen molar-refractivity contribution in [1.82, 2.24) is 19.9 Å². The van der Waals surface area contributed by atoms with Crippen LogP contribution in [-0.2, 0) is 19.6 Å². The maximum atomic E-state index is 13.9. The molecule has 0 unspecified atom stereocenters. The van der Waals surface area contributed by atoms with E-state index in [1.54, 1.807) is 23.2 Å². The van der Waals surface area contributed by atoms with Gasteiger partial charge >= 0.3 is 0 Å². The molecule has 2 atom stereocenters. The van der Waals surface area contributed by atoms with Crippen molar-refractivity contribution in [3.8, 4) is 0 Å². The van der Waals surface area contributed by atoms with E-state index in [-0.39, 0.29) is 47.8 Å². The Morgan fingerprint density at radius 3 is 2.80 bits per heavy atom. The lowest BCUT2D eigenvalue weighted by Gasteiger charge is -2.39. The molecule has 14 heteroatoms. The first-order valence-electron chi connectivity index (χ1n) is 13.3. The van der Waals surface area contributed by atoms with E-state index in [4.69, 9.17) is 10.5 Å². The van der Waals surface area contributed by atoms with Gasteiger partial charge in [-0.15, -0.1) is 0 Å². The summed E-state index contributed by atoms with van der Waals surface area (Å²) in [7, 11) is -4.15. The second-order valence-corrected chi connectivity index (χ2v) is 12.6. The number of nitrogens with one attached hydrogen (secondary N) is 2. The Balaban J connectivity index is 1.86. The number of piperidine rings is 1. The Labute approximate surface area is 234 Å². The second kappa shape index (κ2) is 13.3. The van der Waals surface area contributed by atoms with Crippen LogP contribution in [0, 0.1) is 17.0 Å². The predicted octanol–water partition coefficient (Wildman–Crippen LogP) is 2.26. The number of para-hydroxylation sites is 1. The highest BCUT2D eigenvalue weighted by atomic mass is 32.2. The van der Waals surface area contributed by atoms with Crippen LogP contribution >= 0.6 is 0 Å². The van der Waals surface area contributed by atoms with Crippen molar-refractivity contribution in [2.75, 3.05) is 19.7 Å². The van der Waals surface area contributed by atoms with Crippen LogP contribution in [0.4, 0.5) is 0 Å². The standard InChI is InChI=1S/C26H39N7O6S/c1-18-15-19-9-7-12-22(23(19)29-16-18)40(37,38)31-21(11-8-13-28-25(27)30-33(35)36)24(34)32-14-6-5-10-20(32)17-39-26(2,3)4/h7,9,12,15-16,20-21,31H,5-6,8,10-11,13-14,17H2,1-4H3,(H3,27,28,30)/t20-,21+/m1/s1. The Bertz CT molecular complexity index is 1340. The zero-order chi connectivity index (χ0) is 29.5. The molecule has 0 saturated carbocycles. The van der Waals surface area contributed by atoms with Crippen LogP contribution < -0.4 is 15.8 Å². The molecule has 0 spiro atoms. The van der Waals surface area contributed by atoms with E-state index in [1.165, 1.54) is 6.07 Å². The van der Waals surface area contributed by atoms with Gasteiger partial charge in [-0.3, -0.25) is 9.78 Å². The molecule has 1 aromatic heterocycles. The summed E-state index contributed by atoms with van der Waals surface area (Å²) in [5.74, 6) is -0.720. The van der Waals surface area contributed by atoms with Crippen molar-refractivity contribution in [3.05, 3.63) is 46.1 Å². The van der Waals surface area contributed by atoms with E-state index in [0.29, 0.717) is 24.1 Å². The second-order valence-electron chi connectivity index (χ2n) is 10.9. The van der Waals surface area contributed by atoms with Crippen LogP contribution in [0.3, 0.4) is 0 Å². The third kappa shape index (κ3) is 8.83. The molecule has 1 aliphatic rings. The van der Waals surface area contributed by atoms with Gasteiger partial charge < -0.3 is 20.7 Å². The quantitative estimate of drug-likeness (QED) is 0.119. The Hall–Kier alpha value is -3.36. The van der Waals surface area contributed by atoms with E-state index in [9.17, 15) is 23.3 Å². The summed E-state index contributed by atoms with van der Waals surface area (Å²) in [5, 5.41) is 15.9. The number of pyridine rings is 1. The zero-order valence-electron chi connectivity index (χ0n) is 23.4. The number of amides is 1. The minimum Gasteiger partial charge on any atom is -0.374 e. The van der Waals surface area contributed by atoms with Gasteiger partial charge in [0.2, 0.25) is 15.9 Å². The summed E-state index contributed by atoms with van der Waals surface area (Å²) < 4.78 is 35.9. The van der Waals surface area contributed by atoms with Gasteiger partial charge in [-0.05, 0) is 77.5 Å². The molecule has 3 rings (SSSR count). The number of rotatable bonds is 11. The maximum absolute atomic E-state index is 13.9. The third-order valence-corrected chi connectivity index (χ3v) is 7.98. The highest BCUT2D eigenvalue weighted by Gasteiger charge is 2.35. The smallest absolute Gasteiger partial charge is 0.266 e. The summed E-state index contributed by atoms with van der Waals surface area (Å²) >= 11 is 0. The van der Waals surface area contributed by atoms with Crippen molar-refractivity contribution < 1.29 is 23.0 Å². The minimum atomic E-state index is -4.15. The molecule has 1 amide bonds. The highest BCUT2D eigenvalue weighted by Crippen LogP contribution is 2.24. The van der Waals surface area contributed by atoms with Crippen molar-refractivity contribution in [2.45, 2.75) is 82.4 Å². The molecular weight excluding hydrogens is 538 g/mol. The fraction of sp³-hybridized carbons (Fsp3) is 0.577. The minimum absolute atomic E-state index is 0.0189. The summed E-state index contributed by atoms with van der Waals surface area (Å²) in [4.78, 5) is 30.4. The molecule has 2 heterocycles. The number of hydrogen-bond acceptors (Lipinski definition) is 7. The number of carbonyl (C=O) groups excluding carboxylic acids is 1. The van der Waals surface area contributed by atoms with Crippen LogP contribution in [0.15, 0.2) is 40.5 Å². The van der Waals surface area contributed by atoms with E-state index in [2.05, 4.69) is 20.1 Å². The number of aromatic nitrogens is 1. The highest BCUT2D eigenvalue weighted by molar-refractivity contribution is 7.89. The van der Waals surface area contributed by atoms with Crippen molar-refractivity contribution in [1.29, 1.82) is 0 Å². The predicted molar refractivity (Wildman–Crippen MR) is 151 cm³/mol. The first-order chi connectivity index (χ1) is 18.8. The van der Waals surface area contributed by atoms with E-state index in [0.717, 1.165) is 24.8 Å². The molecule has 1 fully saturated rings. The molecule has 2 aromatic rings. The number of benzene rings is 1. The van der Waals surface area contributed by atoms with Gasteiger partial charge in [-0.1, -0.05) is 12.1 Å². The summed E-state index contributed by atoms with van der Waals surface area (Å²) in [6, 6.07) is 5.46. The number of nitrogens with zero attached hydrogens (tertiary/aromatic N) is 4. The fourth-order valence-electron chi connectivity index (χ4n) is 4.60. The summed E-state index contributed by atoms with van der Waals surface area (Å²) in [6.07, 6.45) is 4.51. The van der Waals surface area contributed by atoms with Gasteiger partial charge in [0.25, 0.3) is 5.96 Å². The van der Waals surface area contributed by atoms with Crippen molar-refractivity contribution in [2.24, 2.45) is 10.8 Å². The molecule has 1 aliphatic heterocycles. The van der Waals surface area contributed by atoms with E-state index >= 15 is 0 Å². The van der Waals surface area contributed by atoms with Gasteiger partial charge in [0.05, 0.1) is 23.8 Å². The van der Waals surface area contributed by atoms with Crippen molar-refractivity contribution in [3.63, 3.8) is 0 Å². The first-order valence-corrected chi connectivity index (χ1v) is 14.8. The van der Waals surface area contributed by atoms with Crippen LogP contribution in [0.25, 0.3) is 10.9 Å². The summed E-state index contributed by atoms with van der Waals surface area (Å²) in [5.41, 5.74) is 6.30. The summed E-state index contributed by atoms with van der Waals surface area (Å²) in [6.45, 7) is 8.69. The zero-order valence-corrected chi connectivity index (χ0v) is 24.2. The number of nitrogens with two attached hydrogens (primary N) is 1. The number of aryl methyl sites for hydroxylation is 1. The SMILES string of the molecule is Cc1cnc2c(S(=O)(=O)N[C@@H](CCCN/C(N)=N/[N+](=O)[O-])C(=O)N3CCCC[C@@H]3COC(C)(C)C)cccc2c1. The molecule has 220 valence electrons. The maximum Gasteiger partial charge on any atom is 0.266 e. The number of nitro groups is 1. The number of sulfonamides is 1. The molecule has 0 aliphatic carbocycles. The van der Waals surface area contributed by atoms with Crippen molar-refractivity contribution >= 4 is 32.8 Å². The lowest BCUT2D eigenvalue weighted by Crippen LogP contribution is -2.55. The van der Waals surface area contributed by atoms with Gasteiger partial charge in [0, 0.05) is 24.7 Å². The van der Waals surface area contributed by atoms with Gasteiger partial charge in [0.1, 0.15) is 16.0 Å². The first kappa shape index (κ1) is 31.2. The largest absolute Gasteiger partial charge is 0.374 e. The molecule has 1 saturated heterocycles. The average molecular weight is 578 g/mol. The number of carbonyl (C=O) groups is 1. The molecule has 4 N–H and O–H groups in total. The third-order valence-electron chi connectivity index (χ3n) is 6.48. The molecule has 13 nitrogen and oxygen atoms in total. The van der Waals surface area contributed by atoms with Crippen LogP contribution in [0.5, 0.6) is 0 Å². The topological polar surface area (TPSA) is 182 Å².